The summed E-state index contributed by atoms with van der Waals surface area (Å²) in [6.45, 7) is 0. The number of rotatable bonds is 4. The molecule has 1 aliphatic heterocycles. The molecule has 2 aliphatic rings. The molecule has 5 nitrogen and oxygen atoms in total. The van der Waals surface area contributed by atoms with E-state index in [4.69, 9.17) is 5.10 Å². The molecule has 0 amide bonds. The monoisotopic (exact) mass is 484 g/mol. The molecule has 2 aromatic carbocycles. The third-order valence-electron chi connectivity index (χ3n) is 5.33. The minimum absolute atomic E-state index is 0.149. The van der Waals surface area contributed by atoms with Crippen LogP contribution in [0.15, 0.2) is 69.4 Å². The third kappa shape index (κ3) is 3.58. The van der Waals surface area contributed by atoms with Crippen LogP contribution in [0.5, 0.6) is 0 Å². The zero-order valence-electron chi connectivity index (χ0n) is 15.9. The zero-order chi connectivity index (χ0) is 20.7. The summed E-state index contributed by atoms with van der Waals surface area (Å²) in [5.41, 5.74) is 3.29. The number of nitrogens with one attached hydrogen (secondary N) is 1. The van der Waals surface area contributed by atoms with Gasteiger partial charge in [-0.15, -0.1) is 5.10 Å². The molecule has 152 valence electrons. The lowest BCUT2D eigenvalue weighted by molar-refractivity contribution is -0.116. The van der Waals surface area contributed by atoms with Gasteiger partial charge in [-0.05, 0) is 42.2 Å². The summed E-state index contributed by atoms with van der Waals surface area (Å²) in [7, 11) is 0. The van der Waals surface area contributed by atoms with Gasteiger partial charge in [0.05, 0.1) is 0 Å². The van der Waals surface area contributed by atoms with Crippen molar-refractivity contribution in [2.24, 2.45) is 0 Å². The molecular formula is C22H18BrFN4OS. The number of halogens is 2. The van der Waals surface area contributed by atoms with Crippen molar-refractivity contribution in [3.05, 3.63) is 81.2 Å². The third-order valence-corrected chi connectivity index (χ3v) is 6.71. The Kier molecular flexibility index (Phi) is 5.20. The van der Waals surface area contributed by atoms with Crippen LogP contribution in [0.2, 0.25) is 0 Å². The number of carbonyl (C=O) groups excluding carboxylic acids is 1. The fourth-order valence-corrected chi connectivity index (χ4v) is 5.17. The van der Waals surface area contributed by atoms with Crippen LogP contribution in [0.25, 0.3) is 0 Å². The highest BCUT2D eigenvalue weighted by Gasteiger charge is 2.36. The average molecular weight is 485 g/mol. The second-order valence-corrected chi connectivity index (χ2v) is 9.15. The fraction of sp³-hybridized carbons (Fsp3) is 0.227. The standard InChI is InChI=1S/C22H18BrFN4OS/c23-15-7-3-6-13(11-15)20-19-17(9-4-10-18(19)29)25-21-26-22(27-28(20)21)30-12-14-5-1-2-8-16(14)24/h1-3,5-8,11,20H,4,9-10,12H2,(H,25,26,27)/t20-/m0/s1. The molecule has 8 heteroatoms. The van der Waals surface area contributed by atoms with Crippen LogP contribution in [0, 0.1) is 5.82 Å². The Morgan fingerprint density at radius 3 is 2.90 bits per heavy atom. The van der Waals surface area contributed by atoms with Crippen LogP contribution in [0.4, 0.5) is 10.3 Å². The predicted molar refractivity (Wildman–Crippen MR) is 118 cm³/mol. The van der Waals surface area contributed by atoms with E-state index >= 15 is 0 Å². The number of hydrogen-bond acceptors (Lipinski definition) is 5. The van der Waals surface area contributed by atoms with Gasteiger partial charge >= 0.3 is 0 Å². The first-order valence-electron chi connectivity index (χ1n) is 9.71. The molecule has 1 N–H and O–H groups in total. The highest BCUT2D eigenvalue weighted by Crippen LogP contribution is 2.41. The normalized spacial score (nSPS) is 18.1. The van der Waals surface area contributed by atoms with E-state index in [1.165, 1.54) is 17.8 Å². The Balaban J connectivity index is 1.52. The first-order chi connectivity index (χ1) is 14.6. The number of allylic oxidation sites excluding steroid dienone is 2. The number of Topliss-reactive ketones (excluding diaryl/α,β-unsaturated/α-hetero) is 1. The van der Waals surface area contributed by atoms with E-state index in [0.717, 1.165) is 34.1 Å². The zero-order valence-corrected chi connectivity index (χ0v) is 18.3. The number of thioether (sulfide) groups is 1. The summed E-state index contributed by atoms with van der Waals surface area (Å²) >= 11 is 4.91. The quantitative estimate of drug-likeness (QED) is 0.495. The summed E-state index contributed by atoms with van der Waals surface area (Å²) in [6.07, 6.45) is 2.19. The lowest BCUT2D eigenvalue weighted by atomic mass is 9.85. The van der Waals surface area contributed by atoms with Crippen molar-refractivity contribution in [1.82, 2.24) is 14.8 Å². The summed E-state index contributed by atoms with van der Waals surface area (Å²) in [4.78, 5) is 17.5. The second kappa shape index (κ2) is 8.00. The Bertz CT molecular complexity index is 1180. The smallest absolute Gasteiger partial charge is 0.227 e. The SMILES string of the molecule is O=C1CCCC2=C1[C@H](c1cccc(Br)c1)n1nc(SCc3ccccc3F)nc1N2. The van der Waals surface area contributed by atoms with Crippen molar-refractivity contribution in [1.29, 1.82) is 0 Å². The molecule has 0 saturated carbocycles. The van der Waals surface area contributed by atoms with Crippen molar-refractivity contribution in [3.63, 3.8) is 0 Å². The molecule has 0 saturated heterocycles. The molecule has 0 bridgehead atoms. The van der Waals surface area contributed by atoms with Crippen molar-refractivity contribution in [2.75, 3.05) is 5.32 Å². The van der Waals surface area contributed by atoms with E-state index in [1.54, 1.807) is 16.8 Å². The van der Waals surface area contributed by atoms with Gasteiger partial charge in [-0.1, -0.05) is 58.0 Å². The summed E-state index contributed by atoms with van der Waals surface area (Å²) in [5.74, 6) is 0.964. The van der Waals surface area contributed by atoms with Gasteiger partial charge in [0.1, 0.15) is 11.9 Å². The molecule has 1 atom stereocenters. The van der Waals surface area contributed by atoms with Gasteiger partial charge in [0.2, 0.25) is 11.1 Å². The summed E-state index contributed by atoms with van der Waals surface area (Å²) < 4.78 is 16.7. The molecule has 5 rings (SSSR count). The van der Waals surface area contributed by atoms with Gasteiger partial charge in [-0.3, -0.25) is 4.79 Å². The maximum Gasteiger partial charge on any atom is 0.227 e. The van der Waals surface area contributed by atoms with Crippen LogP contribution in [0.1, 0.15) is 36.4 Å². The van der Waals surface area contributed by atoms with Crippen molar-refractivity contribution < 1.29 is 9.18 Å². The molecule has 3 aromatic rings. The number of hydrogen-bond donors (Lipinski definition) is 1. The summed E-state index contributed by atoms with van der Waals surface area (Å²) in [6, 6.07) is 14.3. The Morgan fingerprint density at radius 2 is 2.07 bits per heavy atom. The second-order valence-electron chi connectivity index (χ2n) is 7.29. The van der Waals surface area contributed by atoms with Gasteiger partial charge < -0.3 is 5.32 Å². The molecule has 1 aliphatic carbocycles. The van der Waals surface area contributed by atoms with Crippen molar-refractivity contribution in [2.45, 2.75) is 36.2 Å². The van der Waals surface area contributed by atoms with Crippen LogP contribution >= 0.6 is 27.7 Å². The predicted octanol–water partition coefficient (Wildman–Crippen LogP) is 5.49. The van der Waals surface area contributed by atoms with Crippen LogP contribution in [-0.4, -0.2) is 20.5 Å². The maximum absolute atomic E-state index is 14.0. The number of anilines is 1. The Morgan fingerprint density at radius 1 is 1.20 bits per heavy atom. The molecule has 0 radical (unpaired) electrons. The molecule has 0 fully saturated rings. The molecule has 0 unspecified atom stereocenters. The Labute approximate surface area is 185 Å². The number of ketones is 1. The number of nitrogens with zero attached hydrogens (tertiary/aromatic N) is 3. The number of fused-ring (bicyclic) bond motifs is 1. The first-order valence-corrected chi connectivity index (χ1v) is 11.5. The van der Waals surface area contributed by atoms with E-state index in [-0.39, 0.29) is 17.6 Å². The van der Waals surface area contributed by atoms with E-state index < -0.39 is 0 Å². The van der Waals surface area contributed by atoms with Crippen LogP contribution in [0.3, 0.4) is 0 Å². The largest absolute Gasteiger partial charge is 0.328 e. The summed E-state index contributed by atoms with van der Waals surface area (Å²) in [5, 5.41) is 8.56. The van der Waals surface area contributed by atoms with E-state index in [1.807, 2.05) is 30.3 Å². The average Bonchev–Trinajstić information content (AvgIpc) is 3.14. The number of aromatic nitrogens is 3. The van der Waals surface area contributed by atoms with Gasteiger partial charge in [-0.2, -0.15) is 4.98 Å². The van der Waals surface area contributed by atoms with Gasteiger partial charge in [0.15, 0.2) is 5.78 Å². The molecular weight excluding hydrogens is 467 g/mol. The highest BCUT2D eigenvalue weighted by molar-refractivity contribution is 9.10. The highest BCUT2D eigenvalue weighted by atomic mass is 79.9. The molecule has 2 heterocycles. The van der Waals surface area contributed by atoms with Gasteiger partial charge in [0.25, 0.3) is 0 Å². The lowest BCUT2D eigenvalue weighted by Crippen LogP contribution is -2.31. The van der Waals surface area contributed by atoms with E-state index in [0.29, 0.717) is 28.8 Å². The fourth-order valence-electron chi connectivity index (χ4n) is 3.94. The minimum Gasteiger partial charge on any atom is -0.328 e. The molecule has 1 aromatic heterocycles. The number of carbonyl (C=O) groups is 1. The molecule has 0 spiro atoms. The first kappa shape index (κ1) is 19.5. The number of benzene rings is 2. The van der Waals surface area contributed by atoms with Gasteiger partial charge in [0, 0.05) is 27.9 Å². The van der Waals surface area contributed by atoms with E-state index in [2.05, 4.69) is 26.2 Å². The van der Waals surface area contributed by atoms with Crippen molar-refractivity contribution >= 4 is 39.4 Å². The Hall–Kier alpha value is -2.45. The maximum atomic E-state index is 14.0. The van der Waals surface area contributed by atoms with Crippen molar-refractivity contribution in [3.8, 4) is 0 Å². The van der Waals surface area contributed by atoms with Crippen LogP contribution in [-0.2, 0) is 10.5 Å². The minimum atomic E-state index is -0.322. The molecule has 30 heavy (non-hydrogen) atoms. The topological polar surface area (TPSA) is 59.8 Å². The van der Waals surface area contributed by atoms with Crippen LogP contribution < -0.4 is 5.32 Å². The van der Waals surface area contributed by atoms with E-state index in [9.17, 15) is 9.18 Å². The van der Waals surface area contributed by atoms with Gasteiger partial charge in [-0.25, -0.2) is 9.07 Å². The lowest BCUT2D eigenvalue weighted by Gasteiger charge is -2.32.